The van der Waals surface area contributed by atoms with Gasteiger partial charge in [-0.25, -0.2) is 0 Å². The van der Waals surface area contributed by atoms with Gasteiger partial charge in [0.2, 0.25) is 0 Å². The highest BCUT2D eigenvalue weighted by molar-refractivity contribution is 5.69. The second-order valence-corrected chi connectivity index (χ2v) is 6.14. The lowest BCUT2D eigenvalue weighted by Gasteiger charge is -2.40. The molecule has 0 saturated heterocycles. The number of carbonyl (C=O) groups excluding carboxylic acids is 1. The minimum Gasteiger partial charge on any atom is -0.466 e. The lowest BCUT2D eigenvalue weighted by atomic mass is 9.75. The van der Waals surface area contributed by atoms with Crippen LogP contribution in [0.5, 0.6) is 0 Å². The second-order valence-electron chi connectivity index (χ2n) is 6.14. The molecular formula is C16H28O3. The van der Waals surface area contributed by atoms with Crippen molar-refractivity contribution in [3.63, 3.8) is 0 Å². The summed E-state index contributed by atoms with van der Waals surface area (Å²) < 4.78 is 11.3. The van der Waals surface area contributed by atoms with E-state index in [-0.39, 0.29) is 11.6 Å². The van der Waals surface area contributed by atoms with Gasteiger partial charge in [0.1, 0.15) is 0 Å². The highest BCUT2D eigenvalue weighted by atomic mass is 16.5. The van der Waals surface area contributed by atoms with Crippen LogP contribution in [0, 0.1) is 11.8 Å². The standard InChI is InChI=1S/C16H28O3/c1-3-11-19-16(14-5-6-14)9-7-13(8-10-16)12-15(17)18-4-2/h13-14H,3-12H2,1-2H3. The first kappa shape index (κ1) is 14.8. The van der Waals surface area contributed by atoms with Crippen LogP contribution in [0.1, 0.15) is 65.2 Å². The lowest BCUT2D eigenvalue weighted by molar-refractivity contribution is -0.146. The Labute approximate surface area is 117 Å². The molecule has 19 heavy (non-hydrogen) atoms. The van der Waals surface area contributed by atoms with E-state index in [2.05, 4.69) is 6.92 Å². The first-order valence-corrected chi connectivity index (χ1v) is 7.99. The van der Waals surface area contributed by atoms with Crippen LogP contribution in [-0.4, -0.2) is 24.8 Å². The Kier molecular flexibility index (Phi) is 5.26. The lowest BCUT2D eigenvalue weighted by Crippen LogP contribution is -2.40. The van der Waals surface area contributed by atoms with Gasteiger partial charge in [-0.3, -0.25) is 4.79 Å². The summed E-state index contributed by atoms with van der Waals surface area (Å²) >= 11 is 0. The zero-order valence-electron chi connectivity index (χ0n) is 12.5. The van der Waals surface area contributed by atoms with Gasteiger partial charge in [-0.2, -0.15) is 0 Å². The third-order valence-corrected chi connectivity index (χ3v) is 4.63. The summed E-state index contributed by atoms with van der Waals surface area (Å²) in [5.74, 6) is 1.28. The van der Waals surface area contributed by atoms with Gasteiger partial charge in [0.05, 0.1) is 12.2 Å². The van der Waals surface area contributed by atoms with E-state index < -0.39 is 0 Å². The van der Waals surface area contributed by atoms with Crippen LogP contribution in [0.4, 0.5) is 0 Å². The normalized spacial score (nSPS) is 31.2. The van der Waals surface area contributed by atoms with E-state index >= 15 is 0 Å². The summed E-state index contributed by atoms with van der Waals surface area (Å²) in [5.41, 5.74) is 0.154. The first-order chi connectivity index (χ1) is 9.20. The zero-order chi connectivity index (χ0) is 13.7. The Balaban J connectivity index is 1.80. The zero-order valence-corrected chi connectivity index (χ0v) is 12.5. The van der Waals surface area contributed by atoms with Gasteiger partial charge >= 0.3 is 5.97 Å². The maximum absolute atomic E-state index is 11.5. The minimum atomic E-state index is -0.0269. The molecule has 0 bridgehead atoms. The van der Waals surface area contributed by atoms with Gasteiger partial charge in [-0.15, -0.1) is 0 Å². The van der Waals surface area contributed by atoms with Gasteiger partial charge in [0.25, 0.3) is 0 Å². The van der Waals surface area contributed by atoms with E-state index in [4.69, 9.17) is 9.47 Å². The molecule has 0 aromatic rings. The van der Waals surface area contributed by atoms with E-state index in [9.17, 15) is 4.79 Å². The highest BCUT2D eigenvalue weighted by Crippen LogP contribution is 2.51. The van der Waals surface area contributed by atoms with Crippen LogP contribution < -0.4 is 0 Å². The van der Waals surface area contributed by atoms with Crippen molar-refractivity contribution in [3.8, 4) is 0 Å². The maximum atomic E-state index is 11.5. The van der Waals surface area contributed by atoms with Crippen LogP contribution in [-0.2, 0) is 14.3 Å². The molecule has 0 atom stereocenters. The van der Waals surface area contributed by atoms with Crippen LogP contribution in [0.3, 0.4) is 0 Å². The molecule has 0 heterocycles. The number of rotatable bonds is 7. The smallest absolute Gasteiger partial charge is 0.306 e. The Hall–Kier alpha value is -0.570. The van der Waals surface area contributed by atoms with Crippen LogP contribution >= 0.6 is 0 Å². The Morgan fingerprint density at radius 2 is 1.84 bits per heavy atom. The number of hydrogen-bond acceptors (Lipinski definition) is 3. The molecule has 0 aromatic carbocycles. The van der Waals surface area contributed by atoms with Crippen molar-refractivity contribution in [1.29, 1.82) is 0 Å². The predicted octanol–water partition coefficient (Wildman–Crippen LogP) is 3.71. The van der Waals surface area contributed by atoms with E-state index in [1.165, 1.54) is 12.8 Å². The van der Waals surface area contributed by atoms with Crippen molar-refractivity contribution in [3.05, 3.63) is 0 Å². The molecule has 0 amide bonds. The molecule has 0 N–H and O–H groups in total. The topological polar surface area (TPSA) is 35.5 Å². The van der Waals surface area contributed by atoms with Crippen molar-refractivity contribution < 1.29 is 14.3 Å². The molecule has 2 rings (SSSR count). The quantitative estimate of drug-likeness (QED) is 0.660. The molecule has 0 aromatic heterocycles. The van der Waals surface area contributed by atoms with Crippen molar-refractivity contribution in [1.82, 2.24) is 0 Å². The molecule has 2 saturated carbocycles. The fourth-order valence-electron chi connectivity index (χ4n) is 3.41. The molecule has 0 radical (unpaired) electrons. The van der Waals surface area contributed by atoms with Gasteiger partial charge in [0.15, 0.2) is 0 Å². The monoisotopic (exact) mass is 268 g/mol. The summed E-state index contributed by atoms with van der Waals surface area (Å²) in [6, 6.07) is 0. The summed E-state index contributed by atoms with van der Waals surface area (Å²) in [7, 11) is 0. The van der Waals surface area contributed by atoms with Crippen LogP contribution in [0.25, 0.3) is 0 Å². The SMILES string of the molecule is CCCOC1(C2CC2)CCC(CC(=O)OCC)CC1. The van der Waals surface area contributed by atoms with Gasteiger partial charge in [0, 0.05) is 13.0 Å². The minimum absolute atomic E-state index is 0.0269. The number of carbonyl (C=O) groups is 1. The highest BCUT2D eigenvalue weighted by Gasteiger charge is 2.47. The molecule has 3 nitrogen and oxygen atoms in total. The average Bonchev–Trinajstić information content (AvgIpc) is 3.23. The molecule has 0 unspecified atom stereocenters. The second kappa shape index (κ2) is 6.74. The maximum Gasteiger partial charge on any atom is 0.306 e. The van der Waals surface area contributed by atoms with Gasteiger partial charge in [-0.05, 0) is 63.7 Å². The van der Waals surface area contributed by atoms with Crippen molar-refractivity contribution in [2.24, 2.45) is 11.8 Å². The third kappa shape index (κ3) is 3.95. The Morgan fingerprint density at radius 1 is 1.16 bits per heavy atom. The van der Waals surface area contributed by atoms with E-state index in [1.54, 1.807) is 0 Å². The summed E-state index contributed by atoms with van der Waals surface area (Å²) in [5, 5.41) is 0. The van der Waals surface area contributed by atoms with E-state index in [0.717, 1.165) is 44.6 Å². The van der Waals surface area contributed by atoms with Crippen molar-refractivity contribution in [2.45, 2.75) is 70.8 Å². The fourth-order valence-corrected chi connectivity index (χ4v) is 3.41. The van der Waals surface area contributed by atoms with Crippen LogP contribution in [0.2, 0.25) is 0 Å². The van der Waals surface area contributed by atoms with Gasteiger partial charge < -0.3 is 9.47 Å². The summed E-state index contributed by atoms with van der Waals surface area (Å²) in [4.78, 5) is 11.5. The largest absolute Gasteiger partial charge is 0.466 e. The molecule has 2 aliphatic carbocycles. The Morgan fingerprint density at radius 3 is 2.37 bits per heavy atom. The molecule has 0 aliphatic heterocycles. The molecule has 2 aliphatic rings. The van der Waals surface area contributed by atoms with E-state index in [0.29, 0.717) is 18.9 Å². The first-order valence-electron chi connectivity index (χ1n) is 7.99. The third-order valence-electron chi connectivity index (χ3n) is 4.63. The van der Waals surface area contributed by atoms with Gasteiger partial charge in [-0.1, -0.05) is 6.92 Å². The van der Waals surface area contributed by atoms with Crippen molar-refractivity contribution >= 4 is 5.97 Å². The number of hydrogen-bond donors (Lipinski definition) is 0. The van der Waals surface area contributed by atoms with Crippen LogP contribution in [0.15, 0.2) is 0 Å². The fraction of sp³-hybridized carbons (Fsp3) is 0.938. The molecule has 0 spiro atoms. The molecule has 2 fully saturated rings. The number of ether oxygens (including phenoxy) is 2. The van der Waals surface area contributed by atoms with E-state index in [1.807, 2.05) is 6.92 Å². The average molecular weight is 268 g/mol. The van der Waals surface area contributed by atoms with Crippen molar-refractivity contribution in [2.75, 3.05) is 13.2 Å². The molecule has 110 valence electrons. The summed E-state index contributed by atoms with van der Waals surface area (Å²) in [6.45, 7) is 5.43. The molecule has 3 heteroatoms. The summed E-state index contributed by atoms with van der Waals surface area (Å²) in [6.07, 6.45) is 8.91. The predicted molar refractivity (Wildman–Crippen MR) is 74.9 cm³/mol. The molecular weight excluding hydrogens is 240 g/mol. The Bertz CT molecular complexity index is 288. The number of esters is 1.